The highest BCUT2D eigenvalue weighted by molar-refractivity contribution is 8.00. The van der Waals surface area contributed by atoms with E-state index in [1.807, 2.05) is 62.4 Å². The molecule has 5 heteroatoms. The van der Waals surface area contributed by atoms with Crippen LogP contribution in [0.2, 0.25) is 0 Å². The van der Waals surface area contributed by atoms with Crippen LogP contribution in [0.15, 0.2) is 53.4 Å². The lowest BCUT2D eigenvalue weighted by molar-refractivity contribution is -0.116. The van der Waals surface area contributed by atoms with Crippen molar-refractivity contribution >= 4 is 35.0 Å². The number of nitrogens with one attached hydrogen (secondary N) is 2. The Labute approximate surface area is 147 Å². The Kier molecular flexibility index (Phi) is 6.88. The number of hydrogen-bond donors (Lipinski definition) is 2. The van der Waals surface area contributed by atoms with Gasteiger partial charge < -0.3 is 10.6 Å². The van der Waals surface area contributed by atoms with E-state index in [0.717, 1.165) is 28.3 Å². The second-order valence-corrected chi connectivity index (χ2v) is 6.58. The van der Waals surface area contributed by atoms with Gasteiger partial charge in [0.2, 0.25) is 11.8 Å². The molecule has 2 N–H and O–H groups in total. The van der Waals surface area contributed by atoms with Crippen molar-refractivity contribution in [2.45, 2.75) is 31.6 Å². The van der Waals surface area contributed by atoms with E-state index in [2.05, 4.69) is 10.6 Å². The van der Waals surface area contributed by atoms with Crippen LogP contribution in [0, 0.1) is 6.92 Å². The van der Waals surface area contributed by atoms with Gasteiger partial charge in [-0.3, -0.25) is 9.59 Å². The molecule has 2 rings (SSSR count). The smallest absolute Gasteiger partial charge is 0.234 e. The lowest BCUT2D eigenvalue weighted by atomic mass is 10.2. The number of aryl methyl sites for hydroxylation is 1. The molecule has 0 aliphatic heterocycles. The van der Waals surface area contributed by atoms with Gasteiger partial charge >= 0.3 is 0 Å². The standard InChI is InChI=1S/C19H22N2O2S/c1-3-5-18(22)20-15-8-10-17(11-9-15)24-13-19(23)21-16-7-4-6-14(2)12-16/h4,6-12H,3,5,13H2,1-2H3,(H,20,22)(H,21,23). The number of benzene rings is 2. The average molecular weight is 342 g/mol. The zero-order chi connectivity index (χ0) is 17.4. The molecular formula is C19H22N2O2S. The maximum Gasteiger partial charge on any atom is 0.234 e. The van der Waals surface area contributed by atoms with Gasteiger partial charge in [0.15, 0.2) is 0 Å². The molecule has 24 heavy (non-hydrogen) atoms. The topological polar surface area (TPSA) is 58.2 Å². The lowest BCUT2D eigenvalue weighted by Crippen LogP contribution is -2.14. The molecule has 0 saturated heterocycles. The summed E-state index contributed by atoms with van der Waals surface area (Å²) in [4.78, 5) is 24.5. The van der Waals surface area contributed by atoms with Crippen molar-refractivity contribution in [3.63, 3.8) is 0 Å². The third-order valence-electron chi connectivity index (χ3n) is 3.29. The predicted molar refractivity (Wildman–Crippen MR) is 101 cm³/mol. The van der Waals surface area contributed by atoms with Crippen LogP contribution in [0.25, 0.3) is 0 Å². The molecule has 0 radical (unpaired) electrons. The van der Waals surface area contributed by atoms with Gasteiger partial charge in [-0.15, -0.1) is 11.8 Å². The zero-order valence-corrected chi connectivity index (χ0v) is 14.8. The Hall–Kier alpha value is -2.27. The van der Waals surface area contributed by atoms with Crippen molar-refractivity contribution in [2.75, 3.05) is 16.4 Å². The van der Waals surface area contributed by atoms with Crippen molar-refractivity contribution in [3.05, 3.63) is 54.1 Å². The summed E-state index contributed by atoms with van der Waals surface area (Å²) in [6, 6.07) is 15.3. The highest BCUT2D eigenvalue weighted by Crippen LogP contribution is 2.21. The molecule has 0 atom stereocenters. The lowest BCUT2D eigenvalue weighted by Gasteiger charge is -2.07. The fraction of sp³-hybridized carbons (Fsp3) is 0.263. The van der Waals surface area contributed by atoms with Crippen molar-refractivity contribution in [1.82, 2.24) is 0 Å². The molecule has 0 saturated carbocycles. The number of anilines is 2. The summed E-state index contributed by atoms with van der Waals surface area (Å²) in [5, 5.41) is 5.73. The highest BCUT2D eigenvalue weighted by atomic mass is 32.2. The Morgan fingerprint density at radius 3 is 2.33 bits per heavy atom. The van der Waals surface area contributed by atoms with Crippen LogP contribution in [0.1, 0.15) is 25.3 Å². The first-order valence-corrected chi connectivity index (χ1v) is 8.94. The van der Waals surface area contributed by atoms with Crippen LogP contribution >= 0.6 is 11.8 Å². The molecule has 0 spiro atoms. The second-order valence-electron chi connectivity index (χ2n) is 5.53. The normalized spacial score (nSPS) is 10.2. The van der Waals surface area contributed by atoms with Crippen molar-refractivity contribution in [3.8, 4) is 0 Å². The zero-order valence-electron chi connectivity index (χ0n) is 14.0. The van der Waals surface area contributed by atoms with E-state index in [-0.39, 0.29) is 11.8 Å². The number of thioether (sulfide) groups is 1. The summed E-state index contributed by atoms with van der Waals surface area (Å²) in [6.45, 7) is 3.96. The summed E-state index contributed by atoms with van der Waals surface area (Å²) in [7, 11) is 0. The Bertz CT molecular complexity index is 699. The van der Waals surface area contributed by atoms with E-state index in [1.165, 1.54) is 11.8 Å². The Morgan fingerprint density at radius 1 is 0.958 bits per heavy atom. The largest absolute Gasteiger partial charge is 0.326 e. The summed E-state index contributed by atoms with van der Waals surface area (Å²) in [5.41, 5.74) is 2.71. The first kappa shape index (κ1) is 18.1. The monoisotopic (exact) mass is 342 g/mol. The van der Waals surface area contributed by atoms with Crippen molar-refractivity contribution in [1.29, 1.82) is 0 Å². The van der Waals surface area contributed by atoms with Gasteiger partial charge in [-0.1, -0.05) is 19.1 Å². The van der Waals surface area contributed by atoms with E-state index in [1.54, 1.807) is 0 Å². The summed E-state index contributed by atoms with van der Waals surface area (Å²) in [6.07, 6.45) is 1.35. The van der Waals surface area contributed by atoms with Crippen LogP contribution in [0.4, 0.5) is 11.4 Å². The molecule has 0 aliphatic carbocycles. The third-order valence-corrected chi connectivity index (χ3v) is 4.30. The van der Waals surface area contributed by atoms with Gasteiger partial charge in [0.25, 0.3) is 0 Å². The van der Waals surface area contributed by atoms with Gasteiger partial charge in [0.1, 0.15) is 0 Å². The molecule has 2 aromatic rings. The quantitative estimate of drug-likeness (QED) is 0.730. The van der Waals surface area contributed by atoms with Crippen molar-refractivity contribution < 1.29 is 9.59 Å². The van der Waals surface area contributed by atoms with E-state index >= 15 is 0 Å². The second kappa shape index (κ2) is 9.13. The van der Waals surface area contributed by atoms with Gasteiger partial charge in [-0.05, 0) is 55.3 Å². The molecule has 0 heterocycles. The number of rotatable bonds is 7. The highest BCUT2D eigenvalue weighted by Gasteiger charge is 2.05. The summed E-state index contributed by atoms with van der Waals surface area (Å²) >= 11 is 1.47. The van der Waals surface area contributed by atoms with Crippen LogP contribution in [-0.4, -0.2) is 17.6 Å². The third kappa shape index (κ3) is 6.08. The molecular weight excluding hydrogens is 320 g/mol. The molecule has 2 aromatic carbocycles. The van der Waals surface area contributed by atoms with Crippen LogP contribution in [-0.2, 0) is 9.59 Å². The minimum absolute atomic E-state index is 0.0236. The Balaban J connectivity index is 1.81. The molecule has 0 unspecified atom stereocenters. The van der Waals surface area contributed by atoms with Crippen molar-refractivity contribution in [2.24, 2.45) is 0 Å². The number of hydrogen-bond acceptors (Lipinski definition) is 3. The summed E-state index contributed by atoms with van der Waals surface area (Å²) in [5.74, 6) is 0.330. The molecule has 0 fully saturated rings. The minimum Gasteiger partial charge on any atom is -0.326 e. The average Bonchev–Trinajstić information content (AvgIpc) is 2.54. The fourth-order valence-corrected chi connectivity index (χ4v) is 2.85. The first-order valence-electron chi connectivity index (χ1n) is 7.96. The molecule has 0 aliphatic rings. The van der Waals surface area contributed by atoms with Crippen LogP contribution in [0.5, 0.6) is 0 Å². The predicted octanol–water partition coefficient (Wildman–Crippen LogP) is 4.46. The van der Waals surface area contributed by atoms with Gasteiger partial charge in [0, 0.05) is 22.7 Å². The maximum atomic E-state index is 12.0. The number of carbonyl (C=O) groups excluding carboxylic acids is 2. The summed E-state index contributed by atoms with van der Waals surface area (Å²) < 4.78 is 0. The van der Waals surface area contributed by atoms with Gasteiger partial charge in [0.05, 0.1) is 5.75 Å². The molecule has 0 bridgehead atoms. The van der Waals surface area contributed by atoms with E-state index < -0.39 is 0 Å². The van der Waals surface area contributed by atoms with E-state index in [4.69, 9.17) is 0 Å². The van der Waals surface area contributed by atoms with E-state index in [9.17, 15) is 9.59 Å². The van der Waals surface area contributed by atoms with E-state index in [0.29, 0.717) is 12.2 Å². The van der Waals surface area contributed by atoms with Crippen LogP contribution in [0.3, 0.4) is 0 Å². The molecule has 126 valence electrons. The van der Waals surface area contributed by atoms with Gasteiger partial charge in [-0.25, -0.2) is 0 Å². The molecule has 4 nitrogen and oxygen atoms in total. The maximum absolute atomic E-state index is 12.0. The molecule has 2 amide bonds. The first-order chi connectivity index (χ1) is 11.6. The number of amides is 2. The fourth-order valence-electron chi connectivity index (χ4n) is 2.15. The van der Waals surface area contributed by atoms with Crippen LogP contribution < -0.4 is 10.6 Å². The Morgan fingerprint density at radius 2 is 1.67 bits per heavy atom. The van der Waals surface area contributed by atoms with Gasteiger partial charge in [-0.2, -0.15) is 0 Å². The molecule has 0 aromatic heterocycles. The minimum atomic E-state index is -0.0362. The number of carbonyl (C=O) groups is 2. The SMILES string of the molecule is CCCC(=O)Nc1ccc(SCC(=O)Nc2cccc(C)c2)cc1.